The molecule has 6 heteroatoms. The molecular weight excluding hydrogens is 297 g/mol. The van der Waals surface area contributed by atoms with Crippen LogP contribution >= 0.6 is 11.6 Å². The van der Waals surface area contributed by atoms with Gasteiger partial charge in [-0.3, -0.25) is 0 Å². The van der Waals surface area contributed by atoms with E-state index in [1.807, 2.05) is 0 Å². The Bertz CT molecular complexity index is 676. The highest BCUT2D eigenvalue weighted by Crippen LogP contribution is 2.25. The summed E-state index contributed by atoms with van der Waals surface area (Å²) in [6, 6.07) is 8.89. The smallest absolute Gasteiger partial charge is 0.339 e. The van der Waals surface area contributed by atoms with Gasteiger partial charge in [0.15, 0.2) is 11.6 Å². The zero-order valence-electron chi connectivity index (χ0n) is 11.2. The van der Waals surface area contributed by atoms with E-state index in [-0.39, 0.29) is 6.54 Å². The van der Waals surface area contributed by atoms with Crippen molar-refractivity contribution in [2.24, 2.45) is 0 Å². The fourth-order valence-electron chi connectivity index (χ4n) is 1.84. The third-order valence-electron chi connectivity index (χ3n) is 2.93. The van der Waals surface area contributed by atoms with E-state index in [4.69, 9.17) is 11.6 Å². The van der Waals surface area contributed by atoms with E-state index in [0.29, 0.717) is 21.8 Å². The topological polar surface area (TPSA) is 58.6 Å². The predicted octanol–water partition coefficient (Wildman–Crippen LogP) is 3.58. The average Bonchev–Trinajstić information content (AvgIpc) is 2.48. The highest BCUT2D eigenvalue weighted by atomic mass is 35.5. The molecule has 0 unspecified atom stereocenters. The Hall–Kier alpha value is -2.27. The highest BCUT2D eigenvalue weighted by molar-refractivity contribution is 6.31. The fraction of sp³-hybridized carbons (Fsp3) is 0.133. The van der Waals surface area contributed by atoms with Crippen molar-refractivity contribution in [3.63, 3.8) is 0 Å². The molecule has 0 aliphatic carbocycles. The molecule has 0 fully saturated rings. The van der Waals surface area contributed by atoms with Crippen LogP contribution in [0.2, 0.25) is 5.02 Å². The number of carbonyl (C=O) groups excluding carboxylic acids is 1. The van der Waals surface area contributed by atoms with Crippen LogP contribution in [0.4, 0.5) is 10.1 Å². The van der Waals surface area contributed by atoms with Crippen LogP contribution in [0.25, 0.3) is 0 Å². The second-order valence-electron chi connectivity index (χ2n) is 4.28. The fourth-order valence-corrected chi connectivity index (χ4v) is 2.02. The van der Waals surface area contributed by atoms with Gasteiger partial charge in [-0.15, -0.1) is 0 Å². The molecular formula is C15H13ClFNO3. The number of esters is 1. The van der Waals surface area contributed by atoms with Crippen LogP contribution in [0, 0.1) is 5.82 Å². The number of nitrogens with one attached hydrogen (secondary N) is 1. The van der Waals surface area contributed by atoms with E-state index in [1.54, 1.807) is 18.2 Å². The Morgan fingerprint density at radius 3 is 2.86 bits per heavy atom. The third-order valence-corrected chi connectivity index (χ3v) is 3.16. The maximum absolute atomic E-state index is 13.3. The summed E-state index contributed by atoms with van der Waals surface area (Å²) in [4.78, 5) is 11.7. The van der Waals surface area contributed by atoms with E-state index in [0.717, 1.165) is 6.07 Å². The van der Waals surface area contributed by atoms with Gasteiger partial charge in [-0.2, -0.15) is 0 Å². The summed E-state index contributed by atoms with van der Waals surface area (Å²) in [5, 5.41) is 13.0. The molecule has 0 bridgehead atoms. The van der Waals surface area contributed by atoms with Gasteiger partial charge in [0.05, 0.1) is 18.4 Å². The number of phenols is 1. The van der Waals surface area contributed by atoms with E-state index < -0.39 is 17.5 Å². The minimum Gasteiger partial charge on any atom is -0.505 e. The van der Waals surface area contributed by atoms with Gasteiger partial charge in [-0.05, 0) is 24.3 Å². The maximum Gasteiger partial charge on any atom is 0.339 e. The molecule has 0 aliphatic heterocycles. The number of aromatic hydroxyl groups is 1. The van der Waals surface area contributed by atoms with Crippen LogP contribution in [-0.4, -0.2) is 18.2 Å². The molecule has 0 amide bonds. The number of halogens is 2. The van der Waals surface area contributed by atoms with Crippen molar-refractivity contribution < 1.29 is 19.0 Å². The lowest BCUT2D eigenvalue weighted by Gasteiger charge is -2.12. The first kappa shape index (κ1) is 15.1. The van der Waals surface area contributed by atoms with Gasteiger partial charge < -0.3 is 15.2 Å². The molecule has 0 saturated carbocycles. The van der Waals surface area contributed by atoms with E-state index in [2.05, 4.69) is 10.1 Å². The standard InChI is InChI=1S/C15H13ClFNO3/c1-21-15(20)11-6-5-10(16)7-13(11)18-8-9-3-2-4-12(17)14(9)19/h2-7,18-19H,8H2,1H3. The molecule has 0 atom stereocenters. The number of rotatable bonds is 4. The van der Waals surface area contributed by atoms with Gasteiger partial charge >= 0.3 is 5.97 Å². The van der Waals surface area contributed by atoms with Gasteiger partial charge in [0.1, 0.15) is 0 Å². The summed E-state index contributed by atoms with van der Waals surface area (Å²) in [6.07, 6.45) is 0. The van der Waals surface area contributed by atoms with Crippen molar-refractivity contribution in [1.82, 2.24) is 0 Å². The molecule has 2 aromatic carbocycles. The lowest BCUT2D eigenvalue weighted by atomic mass is 10.1. The van der Waals surface area contributed by atoms with E-state index in [9.17, 15) is 14.3 Å². The van der Waals surface area contributed by atoms with Gasteiger partial charge in [0, 0.05) is 17.1 Å². The molecule has 0 spiro atoms. The first-order valence-electron chi connectivity index (χ1n) is 6.11. The second kappa shape index (κ2) is 6.45. The number of benzene rings is 2. The monoisotopic (exact) mass is 309 g/mol. The van der Waals surface area contributed by atoms with Crippen LogP contribution in [0.1, 0.15) is 15.9 Å². The number of methoxy groups -OCH3 is 1. The summed E-state index contributed by atoms with van der Waals surface area (Å²) in [6.45, 7) is 0.133. The maximum atomic E-state index is 13.3. The molecule has 0 aliphatic rings. The largest absolute Gasteiger partial charge is 0.505 e. The van der Waals surface area contributed by atoms with Crippen LogP contribution in [-0.2, 0) is 11.3 Å². The van der Waals surface area contributed by atoms with Gasteiger partial charge in [-0.25, -0.2) is 9.18 Å². The number of hydrogen-bond acceptors (Lipinski definition) is 4. The van der Waals surface area contributed by atoms with Crippen molar-refractivity contribution in [1.29, 1.82) is 0 Å². The second-order valence-corrected chi connectivity index (χ2v) is 4.72. The number of hydrogen-bond donors (Lipinski definition) is 2. The summed E-state index contributed by atoms with van der Waals surface area (Å²) in [5.74, 6) is -1.64. The minimum absolute atomic E-state index is 0.133. The van der Waals surface area contributed by atoms with Gasteiger partial charge in [-0.1, -0.05) is 23.7 Å². The van der Waals surface area contributed by atoms with Crippen molar-refractivity contribution in [3.8, 4) is 5.75 Å². The Morgan fingerprint density at radius 2 is 2.14 bits per heavy atom. The molecule has 2 rings (SSSR count). The third kappa shape index (κ3) is 3.44. The Labute approximate surface area is 126 Å². The summed E-state index contributed by atoms with van der Waals surface area (Å²) in [5.41, 5.74) is 1.11. The molecule has 2 N–H and O–H groups in total. The van der Waals surface area contributed by atoms with Crippen molar-refractivity contribution >= 4 is 23.3 Å². The minimum atomic E-state index is -0.700. The normalized spacial score (nSPS) is 10.2. The van der Waals surface area contributed by atoms with Crippen molar-refractivity contribution in [2.45, 2.75) is 6.54 Å². The zero-order valence-corrected chi connectivity index (χ0v) is 11.9. The Morgan fingerprint density at radius 1 is 1.38 bits per heavy atom. The van der Waals surface area contributed by atoms with Gasteiger partial charge in [0.25, 0.3) is 0 Å². The number of para-hydroxylation sites is 1. The molecule has 0 saturated heterocycles. The molecule has 4 nitrogen and oxygen atoms in total. The molecule has 21 heavy (non-hydrogen) atoms. The molecule has 2 aromatic rings. The number of anilines is 1. The van der Waals surface area contributed by atoms with Crippen LogP contribution in [0.3, 0.4) is 0 Å². The average molecular weight is 310 g/mol. The predicted molar refractivity (Wildman–Crippen MR) is 78.2 cm³/mol. The van der Waals surface area contributed by atoms with Crippen LogP contribution < -0.4 is 5.32 Å². The first-order valence-corrected chi connectivity index (χ1v) is 6.49. The van der Waals surface area contributed by atoms with Crippen LogP contribution in [0.5, 0.6) is 5.75 Å². The SMILES string of the molecule is COC(=O)c1ccc(Cl)cc1NCc1cccc(F)c1O. The highest BCUT2D eigenvalue weighted by Gasteiger charge is 2.13. The molecule has 0 aromatic heterocycles. The quantitative estimate of drug-likeness (QED) is 0.848. The van der Waals surface area contributed by atoms with Crippen molar-refractivity contribution in [3.05, 3.63) is 58.4 Å². The number of carbonyl (C=O) groups is 1. The Kier molecular flexibility index (Phi) is 4.65. The van der Waals surface area contributed by atoms with Crippen LogP contribution in [0.15, 0.2) is 36.4 Å². The van der Waals surface area contributed by atoms with E-state index in [1.165, 1.54) is 19.2 Å². The lowest BCUT2D eigenvalue weighted by molar-refractivity contribution is 0.0602. The molecule has 0 heterocycles. The van der Waals surface area contributed by atoms with Crippen molar-refractivity contribution in [2.75, 3.05) is 12.4 Å². The van der Waals surface area contributed by atoms with Gasteiger partial charge in [0.2, 0.25) is 0 Å². The summed E-state index contributed by atoms with van der Waals surface area (Å²) < 4.78 is 17.9. The summed E-state index contributed by atoms with van der Waals surface area (Å²) in [7, 11) is 1.28. The number of phenolic OH excluding ortho intramolecular Hbond substituents is 1. The molecule has 0 radical (unpaired) electrons. The first-order chi connectivity index (χ1) is 10.0. The zero-order chi connectivity index (χ0) is 15.4. The van der Waals surface area contributed by atoms with E-state index >= 15 is 0 Å². The lowest BCUT2D eigenvalue weighted by Crippen LogP contribution is -2.08. The molecule has 110 valence electrons. The summed E-state index contributed by atoms with van der Waals surface area (Å²) >= 11 is 5.90. The Balaban J connectivity index is 2.25. The number of ether oxygens (including phenoxy) is 1.